The van der Waals surface area contributed by atoms with E-state index in [-0.39, 0.29) is 17.1 Å². The van der Waals surface area contributed by atoms with E-state index in [9.17, 15) is 20.3 Å². The Balaban J connectivity index is 2.94. The standard InChI is InChI=1S/C9H10ClNO4/c10-5-8(12)9(13)6-2-1-3-7(4-6)11(14)15/h1-4,8-9,12-13H,5H2. The van der Waals surface area contributed by atoms with Gasteiger partial charge in [-0.1, -0.05) is 12.1 Å². The summed E-state index contributed by atoms with van der Waals surface area (Å²) in [5.74, 6) is -0.135. The lowest BCUT2D eigenvalue weighted by atomic mass is 10.1. The SMILES string of the molecule is O=[N+]([O-])c1cccc(C(O)C(O)CCl)c1. The number of aliphatic hydroxyl groups excluding tert-OH is 2. The van der Waals surface area contributed by atoms with Gasteiger partial charge in [0.15, 0.2) is 0 Å². The Morgan fingerprint density at radius 1 is 1.47 bits per heavy atom. The third-order valence-corrected chi connectivity index (χ3v) is 2.26. The highest BCUT2D eigenvalue weighted by atomic mass is 35.5. The fourth-order valence-electron chi connectivity index (χ4n) is 1.13. The number of hydrogen-bond acceptors (Lipinski definition) is 4. The minimum atomic E-state index is -1.21. The Morgan fingerprint density at radius 2 is 2.13 bits per heavy atom. The van der Waals surface area contributed by atoms with Crippen LogP contribution in [-0.4, -0.2) is 27.1 Å². The zero-order valence-corrected chi connectivity index (χ0v) is 8.46. The van der Waals surface area contributed by atoms with Crippen molar-refractivity contribution in [3.63, 3.8) is 0 Å². The first-order valence-corrected chi connectivity index (χ1v) is 4.76. The van der Waals surface area contributed by atoms with Gasteiger partial charge in [-0.25, -0.2) is 0 Å². The molecule has 0 aliphatic heterocycles. The molecule has 15 heavy (non-hydrogen) atoms. The third-order valence-electron chi connectivity index (χ3n) is 1.95. The van der Waals surface area contributed by atoms with Crippen molar-refractivity contribution < 1.29 is 15.1 Å². The molecular weight excluding hydrogens is 222 g/mol. The van der Waals surface area contributed by atoms with Crippen LogP contribution in [0.4, 0.5) is 5.69 Å². The average Bonchev–Trinajstić information content (AvgIpc) is 2.27. The quantitative estimate of drug-likeness (QED) is 0.464. The summed E-state index contributed by atoms with van der Waals surface area (Å²) in [7, 11) is 0. The predicted octanol–water partition coefficient (Wildman–Crippen LogP) is 1.23. The molecule has 1 aromatic rings. The van der Waals surface area contributed by atoms with Gasteiger partial charge in [0.05, 0.1) is 16.9 Å². The summed E-state index contributed by atoms with van der Waals surface area (Å²) >= 11 is 5.36. The Bertz CT molecular complexity index is 358. The fourth-order valence-corrected chi connectivity index (χ4v) is 1.30. The molecule has 82 valence electrons. The molecule has 0 fully saturated rings. The van der Waals surface area contributed by atoms with E-state index in [1.807, 2.05) is 0 Å². The molecule has 2 N–H and O–H groups in total. The van der Waals surface area contributed by atoms with Crippen LogP contribution in [0.3, 0.4) is 0 Å². The van der Waals surface area contributed by atoms with Crippen molar-refractivity contribution in [2.75, 3.05) is 5.88 Å². The lowest BCUT2D eigenvalue weighted by Crippen LogP contribution is -2.19. The summed E-state index contributed by atoms with van der Waals surface area (Å²) in [6, 6.07) is 5.45. The van der Waals surface area contributed by atoms with Gasteiger partial charge in [0.25, 0.3) is 5.69 Å². The van der Waals surface area contributed by atoms with Crippen LogP contribution in [0.2, 0.25) is 0 Å². The third kappa shape index (κ3) is 2.89. The fraction of sp³-hybridized carbons (Fsp3) is 0.333. The molecule has 0 aromatic heterocycles. The van der Waals surface area contributed by atoms with Crippen LogP contribution in [0.1, 0.15) is 11.7 Å². The second-order valence-electron chi connectivity index (χ2n) is 3.02. The van der Waals surface area contributed by atoms with E-state index >= 15 is 0 Å². The summed E-state index contributed by atoms with van der Waals surface area (Å²) < 4.78 is 0. The highest BCUT2D eigenvalue weighted by molar-refractivity contribution is 6.18. The van der Waals surface area contributed by atoms with Gasteiger partial charge >= 0.3 is 0 Å². The maximum absolute atomic E-state index is 10.5. The lowest BCUT2D eigenvalue weighted by Gasteiger charge is -2.15. The van der Waals surface area contributed by atoms with E-state index in [2.05, 4.69) is 0 Å². The van der Waals surface area contributed by atoms with Crippen LogP contribution in [-0.2, 0) is 0 Å². The van der Waals surface area contributed by atoms with E-state index in [0.717, 1.165) is 0 Å². The second-order valence-corrected chi connectivity index (χ2v) is 3.33. The van der Waals surface area contributed by atoms with Gasteiger partial charge in [0.2, 0.25) is 0 Å². The molecule has 1 rings (SSSR count). The van der Waals surface area contributed by atoms with Crippen molar-refractivity contribution in [2.24, 2.45) is 0 Å². The van der Waals surface area contributed by atoms with Gasteiger partial charge in [0, 0.05) is 12.1 Å². The predicted molar refractivity (Wildman–Crippen MR) is 54.8 cm³/mol. The molecule has 0 heterocycles. The molecule has 2 atom stereocenters. The van der Waals surface area contributed by atoms with Crippen LogP contribution in [0.5, 0.6) is 0 Å². The summed E-state index contributed by atoms with van der Waals surface area (Å²) in [4.78, 5) is 9.88. The van der Waals surface area contributed by atoms with Gasteiger partial charge in [-0.2, -0.15) is 0 Å². The van der Waals surface area contributed by atoms with Crippen LogP contribution in [0, 0.1) is 10.1 Å². The topological polar surface area (TPSA) is 83.6 Å². The summed E-state index contributed by atoms with van der Waals surface area (Å²) in [6.45, 7) is 0. The Hall–Kier alpha value is -1.17. The zero-order chi connectivity index (χ0) is 11.4. The minimum absolute atomic E-state index is 0.131. The molecule has 0 saturated carbocycles. The van der Waals surface area contributed by atoms with E-state index in [4.69, 9.17) is 11.6 Å². The smallest absolute Gasteiger partial charge is 0.269 e. The molecule has 0 saturated heterocycles. The Labute approximate surface area is 91.1 Å². The lowest BCUT2D eigenvalue weighted by molar-refractivity contribution is -0.385. The molecule has 0 bridgehead atoms. The van der Waals surface area contributed by atoms with Crippen LogP contribution < -0.4 is 0 Å². The first-order valence-electron chi connectivity index (χ1n) is 4.22. The zero-order valence-electron chi connectivity index (χ0n) is 7.71. The van der Waals surface area contributed by atoms with E-state index in [1.54, 1.807) is 0 Å². The highest BCUT2D eigenvalue weighted by Gasteiger charge is 2.19. The molecule has 0 amide bonds. The number of nitro groups is 1. The molecule has 0 aliphatic rings. The first kappa shape index (κ1) is 11.9. The molecule has 2 unspecified atom stereocenters. The molecule has 0 aliphatic carbocycles. The maximum atomic E-state index is 10.5. The van der Waals surface area contributed by atoms with Crippen molar-refractivity contribution in [1.29, 1.82) is 0 Å². The number of hydrogen-bond donors (Lipinski definition) is 2. The van der Waals surface area contributed by atoms with Gasteiger partial charge in [-0.15, -0.1) is 11.6 Å². The second kappa shape index (κ2) is 5.06. The molecule has 1 aromatic carbocycles. The van der Waals surface area contributed by atoms with Crippen LogP contribution in [0.15, 0.2) is 24.3 Å². The monoisotopic (exact) mass is 231 g/mol. The normalized spacial score (nSPS) is 14.6. The molecule has 0 spiro atoms. The average molecular weight is 232 g/mol. The highest BCUT2D eigenvalue weighted by Crippen LogP contribution is 2.22. The van der Waals surface area contributed by atoms with Crippen molar-refractivity contribution in [2.45, 2.75) is 12.2 Å². The van der Waals surface area contributed by atoms with Crippen LogP contribution >= 0.6 is 11.6 Å². The number of non-ortho nitro benzene ring substituents is 1. The number of nitrogens with zero attached hydrogens (tertiary/aromatic N) is 1. The number of benzene rings is 1. The van der Waals surface area contributed by atoms with E-state index in [1.165, 1.54) is 24.3 Å². The maximum Gasteiger partial charge on any atom is 0.269 e. The number of nitro benzene ring substituents is 1. The van der Waals surface area contributed by atoms with Crippen molar-refractivity contribution >= 4 is 17.3 Å². The largest absolute Gasteiger partial charge is 0.389 e. The van der Waals surface area contributed by atoms with E-state index < -0.39 is 17.1 Å². The number of alkyl halides is 1. The molecule has 6 heteroatoms. The van der Waals surface area contributed by atoms with Crippen molar-refractivity contribution in [3.8, 4) is 0 Å². The van der Waals surface area contributed by atoms with Crippen molar-refractivity contribution in [3.05, 3.63) is 39.9 Å². The summed E-state index contributed by atoms with van der Waals surface area (Å²) in [5.41, 5.74) is 0.144. The number of rotatable bonds is 4. The van der Waals surface area contributed by atoms with Gasteiger partial charge in [-0.05, 0) is 5.56 Å². The summed E-state index contributed by atoms with van der Waals surface area (Å²) in [6.07, 6.45) is -2.34. The molecular formula is C9H10ClNO4. The Morgan fingerprint density at radius 3 is 2.67 bits per heavy atom. The summed E-state index contributed by atoms with van der Waals surface area (Å²) in [5, 5.41) is 29.2. The van der Waals surface area contributed by atoms with Gasteiger partial charge in [0.1, 0.15) is 6.10 Å². The number of halogens is 1. The minimum Gasteiger partial charge on any atom is -0.389 e. The molecule has 5 nitrogen and oxygen atoms in total. The van der Waals surface area contributed by atoms with Gasteiger partial charge in [-0.3, -0.25) is 10.1 Å². The van der Waals surface area contributed by atoms with E-state index in [0.29, 0.717) is 0 Å². The van der Waals surface area contributed by atoms with Crippen molar-refractivity contribution in [1.82, 2.24) is 0 Å². The Kier molecular flexibility index (Phi) is 4.02. The van der Waals surface area contributed by atoms with Gasteiger partial charge < -0.3 is 10.2 Å². The first-order chi connectivity index (χ1) is 7.06. The van der Waals surface area contributed by atoms with Crippen LogP contribution in [0.25, 0.3) is 0 Å². The molecule has 0 radical (unpaired) electrons. The number of aliphatic hydroxyl groups is 2.